The number of aryl methyl sites for hydroxylation is 1. The van der Waals surface area contributed by atoms with Gasteiger partial charge in [-0.05, 0) is 17.7 Å². The molecule has 122 valence electrons. The molecule has 0 radical (unpaired) electrons. The van der Waals surface area contributed by atoms with E-state index < -0.39 is 0 Å². The zero-order valence-electron chi connectivity index (χ0n) is 13.7. The van der Waals surface area contributed by atoms with Crippen molar-refractivity contribution in [2.75, 3.05) is 37.4 Å². The molecule has 2 aromatic rings. The molecule has 0 unspecified atom stereocenters. The molecule has 0 saturated carbocycles. The summed E-state index contributed by atoms with van der Waals surface area (Å²) < 4.78 is 1.77. The largest absolute Gasteiger partial charge is 0.376 e. The van der Waals surface area contributed by atoms with Gasteiger partial charge in [0.05, 0.1) is 24.0 Å². The van der Waals surface area contributed by atoms with Gasteiger partial charge in [-0.15, -0.1) is 0 Å². The normalized spacial score (nSPS) is 20.5. The number of hydrogen-bond donors (Lipinski definition) is 2. The van der Waals surface area contributed by atoms with E-state index in [2.05, 4.69) is 20.7 Å². The average Bonchev–Trinajstić information content (AvgIpc) is 3.16. The molecule has 0 bridgehead atoms. The second kappa shape index (κ2) is 6.37. The fourth-order valence-corrected chi connectivity index (χ4v) is 2.88. The predicted octanol–water partition coefficient (Wildman–Crippen LogP) is 0.823. The highest BCUT2D eigenvalue weighted by Gasteiger charge is 2.34. The Balaban J connectivity index is 1.69. The van der Waals surface area contributed by atoms with Crippen molar-refractivity contribution in [3.05, 3.63) is 36.3 Å². The third kappa shape index (κ3) is 3.34. The van der Waals surface area contributed by atoms with Crippen molar-refractivity contribution in [3.8, 4) is 0 Å². The minimum Gasteiger partial charge on any atom is -0.376 e. The number of amides is 1. The molecule has 1 aliphatic rings. The van der Waals surface area contributed by atoms with Gasteiger partial charge in [-0.2, -0.15) is 5.10 Å². The Morgan fingerprint density at radius 3 is 2.78 bits per heavy atom. The van der Waals surface area contributed by atoms with Crippen LogP contribution in [0.1, 0.15) is 11.5 Å². The van der Waals surface area contributed by atoms with Crippen molar-refractivity contribution in [2.45, 2.75) is 5.92 Å². The zero-order chi connectivity index (χ0) is 16.4. The number of pyridine rings is 1. The number of carbonyl (C=O) groups is 1. The Hall–Kier alpha value is -2.41. The lowest BCUT2D eigenvalue weighted by atomic mass is 9.90. The highest BCUT2D eigenvalue weighted by atomic mass is 16.2. The number of carbonyl (C=O) groups excluding carboxylic acids is 1. The molecule has 1 amide bonds. The second-order valence-corrected chi connectivity index (χ2v) is 6.10. The Bertz CT molecular complexity index is 678. The van der Waals surface area contributed by atoms with Gasteiger partial charge in [-0.3, -0.25) is 9.48 Å². The number of nitrogens with one attached hydrogen (secondary N) is 2. The molecule has 23 heavy (non-hydrogen) atoms. The van der Waals surface area contributed by atoms with Gasteiger partial charge in [0.15, 0.2) is 0 Å². The molecular weight excluding hydrogens is 292 g/mol. The first-order valence-corrected chi connectivity index (χ1v) is 7.68. The lowest BCUT2D eigenvalue weighted by molar-refractivity contribution is -0.119. The van der Waals surface area contributed by atoms with Crippen LogP contribution >= 0.6 is 0 Å². The molecule has 1 saturated heterocycles. The van der Waals surface area contributed by atoms with Gasteiger partial charge in [-0.25, -0.2) is 4.98 Å². The topological polar surface area (TPSA) is 75.1 Å². The summed E-state index contributed by atoms with van der Waals surface area (Å²) in [6, 6.07) is 3.77. The van der Waals surface area contributed by atoms with Crippen LogP contribution in [0.4, 0.5) is 11.5 Å². The quantitative estimate of drug-likeness (QED) is 0.874. The van der Waals surface area contributed by atoms with E-state index in [4.69, 9.17) is 0 Å². The monoisotopic (exact) mass is 314 g/mol. The first-order valence-electron chi connectivity index (χ1n) is 7.68. The highest BCUT2D eigenvalue weighted by molar-refractivity contribution is 5.92. The van der Waals surface area contributed by atoms with Crippen LogP contribution in [-0.2, 0) is 11.8 Å². The summed E-state index contributed by atoms with van der Waals surface area (Å²) in [6.45, 7) is 1.46. The molecule has 1 aliphatic heterocycles. The van der Waals surface area contributed by atoms with Crippen LogP contribution in [0.25, 0.3) is 0 Å². The molecule has 7 heteroatoms. The first-order chi connectivity index (χ1) is 11.0. The van der Waals surface area contributed by atoms with E-state index in [-0.39, 0.29) is 17.7 Å². The Morgan fingerprint density at radius 2 is 2.17 bits per heavy atom. The van der Waals surface area contributed by atoms with Gasteiger partial charge >= 0.3 is 0 Å². The maximum Gasteiger partial charge on any atom is 0.230 e. The van der Waals surface area contributed by atoms with Gasteiger partial charge in [0.2, 0.25) is 5.91 Å². The van der Waals surface area contributed by atoms with Crippen molar-refractivity contribution >= 4 is 17.4 Å². The van der Waals surface area contributed by atoms with Crippen LogP contribution in [0, 0.1) is 5.92 Å². The standard InChI is InChI=1S/C16H22N6O/c1-21(2)12-4-5-15(18-7-12)20-16(23)14-9-17-8-13(14)11-6-19-22(3)10-11/h4-7,10,13-14,17H,8-9H2,1-3H3,(H,18,20,23)/t13-,14+/m1/s1. The number of aromatic nitrogens is 3. The SMILES string of the molecule is CN(C)c1ccc(NC(=O)[C@H]2CNC[C@@H]2c2cnn(C)c2)nc1. The van der Waals surface area contributed by atoms with E-state index in [1.807, 2.05) is 50.6 Å². The minimum absolute atomic E-state index is 0.00560. The summed E-state index contributed by atoms with van der Waals surface area (Å²) in [7, 11) is 5.80. The highest BCUT2D eigenvalue weighted by Crippen LogP contribution is 2.28. The second-order valence-electron chi connectivity index (χ2n) is 6.10. The Labute approximate surface area is 135 Å². The molecule has 2 N–H and O–H groups in total. The molecule has 0 aromatic carbocycles. The van der Waals surface area contributed by atoms with Crippen LogP contribution in [0.5, 0.6) is 0 Å². The maximum absolute atomic E-state index is 12.6. The summed E-state index contributed by atoms with van der Waals surface area (Å²) in [5, 5.41) is 10.4. The molecule has 2 atom stereocenters. The van der Waals surface area contributed by atoms with Gasteiger partial charge in [0.1, 0.15) is 5.82 Å². The summed E-state index contributed by atoms with van der Waals surface area (Å²) in [4.78, 5) is 18.9. The Morgan fingerprint density at radius 1 is 1.35 bits per heavy atom. The molecule has 0 spiro atoms. The molecule has 7 nitrogen and oxygen atoms in total. The molecule has 3 rings (SSSR count). The van der Waals surface area contributed by atoms with Crippen LogP contribution in [0.3, 0.4) is 0 Å². The number of anilines is 2. The summed E-state index contributed by atoms with van der Waals surface area (Å²) in [6.07, 6.45) is 5.56. The van der Waals surface area contributed by atoms with Crippen molar-refractivity contribution in [3.63, 3.8) is 0 Å². The van der Waals surface area contributed by atoms with Gasteiger partial charge in [0.25, 0.3) is 0 Å². The number of hydrogen-bond acceptors (Lipinski definition) is 5. The fourth-order valence-electron chi connectivity index (χ4n) is 2.88. The molecular formula is C16H22N6O. The van der Waals surface area contributed by atoms with Crippen LogP contribution in [0.15, 0.2) is 30.7 Å². The van der Waals surface area contributed by atoms with Crippen LogP contribution < -0.4 is 15.5 Å². The third-order valence-electron chi connectivity index (χ3n) is 4.22. The van der Waals surface area contributed by atoms with Crippen molar-refractivity contribution in [1.29, 1.82) is 0 Å². The van der Waals surface area contributed by atoms with Crippen LogP contribution in [0.2, 0.25) is 0 Å². The summed E-state index contributed by atoms with van der Waals surface area (Å²) >= 11 is 0. The van der Waals surface area contributed by atoms with Gasteiger partial charge < -0.3 is 15.5 Å². The predicted molar refractivity (Wildman–Crippen MR) is 89.5 cm³/mol. The maximum atomic E-state index is 12.6. The molecule has 2 aromatic heterocycles. The third-order valence-corrected chi connectivity index (χ3v) is 4.22. The smallest absolute Gasteiger partial charge is 0.230 e. The molecule has 3 heterocycles. The minimum atomic E-state index is -0.116. The van der Waals surface area contributed by atoms with Gasteiger partial charge in [0, 0.05) is 46.3 Å². The lowest BCUT2D eigenvalue weighted by Gasteiger charge is -2.17. The van der Waals surface area contributed by atoms with E-state index in [9.17, 15) is 4.79 Å². The number of rotatable bonds is 4. The number of nitrogens with zero attached hydrogens (tertiary/aromatic N) is 4. The first kappa shape index (κ1) is 15.5. The zero-order valence-corrected chi connectivity index (χ0v) is 13.7. The summed E-state index contributed by atoms with van der Waals surface area (Å²) in [5.74, 6) is 0.602. The Kier molecular flexibility index (Phi) is 4.29. The van der Waals surface area contributed by atoms with Crippen LogP contribution in [-0.4, -0.2) is 47.9 Å². The van der Waals surface area contributed by atoms with E-state index in [1.54, 1.807) is 10.9 Å². The molecule has 0 aliphatic carbocycles. The average molecular weight is 314 g/mol. The van der Waals surface area contributed by atoms with E-state index in [0.29, 0.717) is 12.4 Å². The van der Waals surface area contributed by atoms with E-state index in [1.165, 1.54) is 0 Å². The van der Waals surface area contributed by atoms with E-state index in [0.717, 1.165) is 17.8 Å². The fraction of sp³-hybridized carbons (Fsp3) is 0.438. The van der Waals surface area contributed by atoms with E-state index >= 15 is 0 Å². The molecule has 1 fully saturated rings. The van der Waals surface area contributed by atoms with Crippen molar-refractivity contribution in [1.82, 2.24) is 20.1 Å². The van der Waals surface area contributed by atoms with Crippen molar-refractivity contribution in [2.24, 2.45) is 13.0 Å². The summed E-state index contributed by atoms with van der Waals surface area (Å²) in [5.41, 5.74) is 2.09. The van der Waals surface area contributed by atoms with Gasteiger partial charge in [-0.1, -0.05) is 0 Å². The lowest BCUT2D eigenvalue weighted by Crippen LogP contribution is -2.28. The van der Waals surface area contributed by atoms with Crippen molar-refractivity contribution < 1.29 is 4.79 Å².